The number of Topliss-reactive ketones (excluding diaryl/α,β-unsaturated/α-hetero) is 1. The molecule has 1 aliphatic heterocycles. The number of allylic oxidation sites excluding steroid dienone is 2. The molecule has 0 spiro atoms. The smallest absolute Gasteiger partial charge is 0.293 e. The van der Waals surface area contributed by atoms with Gasteiger partial charge in [-0.1, -0.05) is 37.6 Å². The first kappa shape index (κ1) is 22.1. The van der Waals surface area contributed by atoms with E-state index in [2.05, 4.69) is 0 Å². The van der Waals surface area contributed by atoms with Gasteiger partial charge in [0.1, 0.15) is 11.5 Å². The first-order chi connectivity index (χ1) is 15.0. The van der Waals surface area contributed by atoms with E-state index in [1.165, 1.54) is 35.2 Å². The normalized spacial score (nSPS) is 20.4. The molecule has 2 aromatic carbocycles. The van der Waals surface area contributed by atoms with Crippen molar-refractivity contribution in [1.82, 2.24) is 0 Å². The van der Waals surface area contributed by atoms with E-state index in [4.69, 9.17) is 11.6 Å². The molecular weight excluding hydrogens is 435 g/mol. The van der Waals surface area contributed by atoms with Crippen LogP contribution in [0.15, 0.2) is 47.7 Å². The summed E-state index contributed by atoms with van der Waals surface area (Å²) in [4.78, 5) is 39.3. The Bertz CT molecular complexity index is 1180. The SMILES string of the molecule is Cc1ccc(N2C(=O)CC(c3c(F)cccc3Cl)C3=C2CC(C)(C)CC3=O)c([N+](=O)[O-])c1. The third-order valence-corrected chi connectivity index (χ3v) is 6.39. The maximum Gasteiger partial charge on any atom is 0.293 e. The number of anilines is 1. The minimum absolute atomic E-state index is 0.112. The highest BCUT2D eigenvalue weighted by atomic mass is 35.5. The molecule has 0 radical (unpaired) electrons. The summed E-state index contributed by atoms with van der Waals surface area (Å²) >= 11 is 6.30. The van der Waals surface area contributed by atoms with Crippen molar-refractivity contribution >= 4 is 34.7 Å². The highest BCUT2D eigenvalue weighted by Gasteiger charge is 2.46. The lowest BCUT2D eigenvalue weighted by Gasteiger charge is -2.42. The lowest BCUT2D eigenvalue weighted by molar-refractivity contribution is -0.384. The van der Waals surface area contributed by atoms with Crippen LogP contribution in [0, 0.1) is 28.3 Å². The molecule has 1 amide bonds. The van der Waals surface area contributed by atoms with Crippen LogP contribution in [0.5, 0.6) is 0 Å². The molecule has 1 atom stereocenters. The Hall–Kier alpha value is -3.06. The molecule has 6 nitrogen and oxygen atoms in total. The zero-order valence-electron chi connectivity index (χ0n) is 17.9. The Labute approximate surface area is 189 Å². The van der Waals surface area contributed by atoms with Crippen molar-refractivity contribution in [3.63, 3.8) is 0 Å². The Balaban J connectivity index is 1.99. The first-order valence-corrected chi connectivity index (χ1v) is 10.7. The van der Waals surface area contributed by atoms with E-state index in [9.17, 15) is 24.1 Å². The molecule has 0 fully saturated rings. The quantitative estimate of drug-likeness (QED) is 0.428. The molecule has 0 aromatic heterocycles. The second-order valence-corrected chi connectivity index (χ2v) is 9.58. The van der Waals surface area contributed by atoms with Gasteiger partial charge in [-0.05, 0) is 42.5 Å². The second kappa shape index (κ2) is 7.81. The molecule has 2 aromatic rings. The molecule has 166 valence electrons. The summed E-state index contributed by atoms with van der Waals surface area (Å²) in [5, 5.41) is 11.9. The third kappa shape index (κ3) is 3.71. The fraction of sp³-hybridized carbons (Fsp3) is 0.333. The maximum atomic E-state index is 14.8. The molecule has 0 bridgehead atoms. The van der Waals surface area contributed by atoms with E-state index in [0.717, 1.165) is 0 Å². The number of aryl methyl sites for hydroxylation is 1. The minimum atomic E-state index is -0.837. The van der Waals surface area contributed by atoms with E-state index >= 15 is 0 Å². The molecule has 0 N–H and O–H groups in total. The monoisotopic (exact) mass is 456 g/mol. The molecule has 2 aliphatic rings. The summed E-state index contributed by atoms with van der Waals surface area (Å²) < 4.78 is 14.8. The predicted octanol–water partition coefficient (Wildman–Crippen LogP) is 5.86. The largest absolute Gasteiger partial charge is 0.294 e. The molecule has 8 heteroatoms. The third-order valence-electron chi connectivity index (χ3n) is 6.06. The van der Waals surface area contributed by atoms with Gasteiger partial charge in [-0.25, -0.2) is 4.39 Å². The number of nitrogens with zero attached hydrogens (tertiary/aromatic N) is 2. The zero-order valence-corrected chi connectivity index (χ0v) is 18.7. The average molecular weight is 457 g/mol. The van der Waals surface area contributed by atoms with Gasteiger partial charge in [-0.15, -0.1) is 0 Å². The fourth-order valence-corrected chi connectivity index (χ4v) is 5.05. The summed E-state index contributed by atoms with van der Waals surface area (Å²) in [6.07, 6.45) is 0.358. The number of carbonyl (C=O) groups is 2. The van der Waals surface area contributed by atoms with Crippen molar-refractivity contribution in [3.05, 3.63) is 79.7 Å². The average Bonchev–Trinajstić information content (AvgIpc) is 2.67. The number of carbonyl (C=O) groups excluding carboxylic acids is 2. The number of benzene rings is 2. The van der Waals surface area contributed by atoms with Crippen LogP contribution in [0.25, 0.3) is 0 Å². The highest BCUT2D eigenvalue weighted by Crippen LogP contribution is 2.50. The highest BCUT2D eigenvalue weighted by molar-refractivity contribution is 6.31. The van der Waals surface area contributed by atoms with Crippen LogP contribution in [0.3, 0.4) is 0 Å². The molecule has 32 heavy (non-hydrogen) atoms. The number of nitro groups is 1. The van der Waals surface area contributed by atoms with Gasteiger partial charge in [0.05, 0.1) is 4.92 Å². The Morgan fingerprint density at radius 1 is 1.19 bits per heavy atom. The molecule has 0 saturated heterocycles. The number of hydrogen-bond donors (Lipinski definition) is 0. The molecule has 4 rings (SSSR count). The Kier molecular flexibility index (Phi) is 5.41. The van der Waals surface area contributed by atoms with Crippen molar-refractivity contribution in [3.8, 4) is 0 Å². The fourth-order valence-electron chi connectivity index (χ4n) is 4.75. The van der Waals surface area contributed by atoms with Crippen molar-refractivity contribution in [2.75, 3.05) is 4.90 Å². The van der Waals surface area contributed by atoms with Gasteiger partial charge in [0.2, 0.25) is 5.91 Å². The topological polar surface area (TPSA) is 80.5 Å². The van der Waals surface area contributed by atoms with Gasteiger partial charge in [-0.3, -0.25) is 24.6 Å². The van der Waals surface area contributed by atoms with E-state index in [0.29, 0.717) is 23.3 Å². The number of hydrogen-bond acceptors (Lipinski definition) is 4. The van der Waals surface area contributed by atoms with Gasteiger partial charge >= 0.3 is 0 Å². The number of nitro benzene ring substituents is 1. The lowest BCUT2D eigenvalue weighted by atomic mass is 9.69. The van der Waals surface area contributed by atoms with Gasteiger partial charge in [0.15, 0.2) is 5.78 Å². The van der Waals surface area contributed by atoms with Gasteiger partial charge in [-0.2, -0.15) is 0 Å². The van der Waals surface area contributed by atoms with E-state index in [1.807, 2.05) is 13.8 Å². The van der Waals surface area contributed by atoms with Crippen LogP contribution in [0.4, 0.5) is 15.8 Å². The maximum absolute atomic E-state index is 14.8. The molecule has 0 saturated carbocycles. The molecule has 1 aliphatic carbocycles. The standard InChI is InChI=1S/C24H22ClFN2O4/c1-13-7-8-17(18(9-13)28(31)32)27-19-11-24(2,3)12-20(29)23(19)14(10-21(27)30)22-15(25)5-4-6-16(22)26/h4-9,14H,10-12H2,1-3H3. The van der Waals surface area contributed by atoms with Gasteiger partial charge in [0.25, 0.3) is 5.69 Å². The number of rotatable bonds is 3. The van der Waals surface area contributed by atoms with Crippen molar-refractivity contribution < 1.29 is 18.9 Å². The zero-order chi connectivity index (χ0) is 23.4. The summed E-state index contributed by atoms with van der Waals surface area (Å²) in [6.45, 7) is 5.53. The van der Waals surface area contributed by atoms with Crippen molar-refractivity contribution in [2.45, 2.75) is 46.0 Å². The Morgan fingerprint density at radius 3 is 2.56 bits per heavy atom. The van der Waals surface area contributed by atoms with Crippen LogP contribution >= 0.6 is 11.6 Å². The van der Waals surface area contributed by atoms with Crippen LogP contribution in [-0.2, 0) is 9.59 Å². The number of halogens is 2. The summed E-state index contributed by atoms with van der Waals surface area (Å²) in [5.74, 6) is -2.07. The van der Waals surface area contributed by atoms with Gasteiger partial charge < -0.3 is 0 Å². The summed E-state index contributed by atoms with van der Waals surface area (Å²) in [7, 11) is 0. The van der Waals surface area contributed by atoms with Crippen LogP contribution in [0.2, 0.25) is 5.02 Å². The number of amides is 1. The molecule has 1 heterocycles. The van der Waals surface area contributed by atoms with E-state index in [1.54, 1.807) is 13.0 Å². The predicted molar refractivity (Wildman–Crippen MR) is 119 cm³/mol. The van der Waals surface area contributed by atoms with E-state index in [-0.39, 0.29) is 40.6 Å². The van der Waals surface area contributed by atoms with Crippen molar-refractivity contribution in [2.24, 2.45) is 5.41 Å². The van der Waals surface area contributed by atoms with Crippen molar-refractivity contribution in [1.29, 1.82) is 0 Å². The molecule has 1 unspecified atom stereocenters. The lowest BCUT2D eigenvalue weighted by Crippen LogP contribution is -2.44. The van der Waals surface area contributed by atoms with Gasteiger partial charge in [0, 0.05) is 46.7 Å². The Morgan fingerprint density at radius 2 is 1.91 bits per heavy atom. The van der Waals surface area contributed by atoms with Crippen LogP contribution in [-0.4, -0.2) is 16.6 Å². The first-order valence-electron chi connectivity index (χ1n) is 10.3. The van der Waals surface area contributed by atoms with Crippen LogP contribution < -0.4 is 4.90 Å². The van der Waals surface area contributed by atoms with E-state index < -0.39 is 28.0 Å². The molecular formula is C24H22ClFN2O4. The second-order valence-electron chi connectivity index (χ2n) is 9.17. The van der Waals surface area contributed by atoms with Crippen LogP contribution in [0.1, 0.15) is 50.2 Å². The summed E-state index contributed by atoms with van der Waals surface area (Å²) in [5.41, 5.74) is 0.917. The minimum Gasteiger partial charge on any atom is -0.294 e. The summed E-state index contributed by atoms with van der Waals surface area (Å²) in [6, 6.07) is 8.86. The number of ketones is 1.